The molecule has 186 valence electrons. The smallest absolute Gasteiger partial charge is 0.228 e. The van der Waals surface area contributed by atoms with Crippen LogP contribution >= 0.6 is 0 Å². The third-order valence-electron chi connectivity index (χ3n) is 6.00. The SMILES string of the molecule is Cc1oc(-c2ccc(NC(=O)Cc3ccccc3)cc2)nc1CNC(=O)CCc1nc2ccccc2[nH]1. The lowest BCUT2D eigenvalue weighted by Gasteiger charge is -2.06. The molecule has 0 aliphatic rings. The first-order valence-electron chi connectivity index (χ1n) is 12.1. The average molecular weight is 494 g/mol. The van der Waals surface area contributed by atoms with Gasteiger partial charge in [-0.2, -0.15) is 0 Å². The van der Waals surface area contributed by atoms with Crippen LogP contribution in [0.3, 0.4) is 0 Å². The highest BCUT2D eigenvalue weighted by molar-refractivity contribution is 5.92. The molecule has 0 radical (unpaired) electrons. The van der Waals surface area contributed by atoms with Crippen molar-refractivity contribution in [3.63, 3.8) is 0 Å². The number of fused-ring (bicyclic) bond motifs is 1. The molecule has 2 amide bonds. The lowest BCUT2D eigenvalue weighted by molar-refractivity contribution is -0.121. The maximum atomic E-state index is 12.4. The number of hydrogen-bond donors (Lipinski definition) is 3. The lowest BCUT2D eigenvalue weighted by atomic mass is 10.1. The molecule has 2 heterocycles. The van der Waals surface area contributed by atoms with E-state index in [1.54, 1.807) is 0 Å². The number of amides is 2. The van der Waals surface area contributed by atoms with E-state index in [1.165, 1.54) is 0 Å². The number of aromatic amines is 1. The van der Waals surface area contributed by atoms with Crippen molar-refractivity contribution in [1.82, 2.24) is 20.3 Å². The van der Waals surface area contributed by atoms with Crippen LogP contribution in [0.1, 0.15) is 29.3 Å². The van der Waals surface area contributed by atoms with Crippen LogP contribution in [-0.2, 0) is 29.0 Å². The summed E-state index contributed by atoms with van der Waals surface area (Å²) in [7, 11) is 0. The number of imidazole rings is 1. The van der Waals surface area contributed by atoms with Crippen molar-refractivity contribution < 1.29 is 14.0 Å². The van der Waals surface area contributed by atoms with Crippen LogP contribution in [0, 0.1) is 6.92 Å². The van der Waals surface area contributed by atoms with Gasteiger partial charge in [-0.05, 0) is 48.9 Å². The summed E-state index contributed by atoms with van der Waals surface area (Å²) < 4.78 is 5.83. The van der Waals surface area contributed by atoms with Gasteiger partial charge in [0.15, 0.2) is 0 Å². The second kappa shape index (κ2) is 10.9. The molecule has 0 atom stereocenters. The van der Waals surface area contributed by atoms with E-state index < -0.39 is 0 Å². The quantitative estimate of drug-likeness (QED) is 0.269. The number of H-pyrrole nitrogens is 1. The second-order valence-corrected chi connectivity index (χ2v) is 8.79. The summed E-state index contributed by atoms with van der Waals surface area (Å²) in [5.74, 6) is 1.74. The molecule has 3 aromatic carbocycles. The molecule has 8 heteroatoms. The first kappa shape index (κ1) is 24.0. The number of carbonyl (C=O) groups excluding carboxylic acids is 2. The summed E-state index contributed by atoms with van der Waals surface area (Å²) in [6.45, 7) is 2.10. The molecule has 5 aromatic rings. The number of oxazole rings is 1. The van der Waals surface area contributed by atoms with Crippen LogP contribution < -0.4 is 10.6 Å². The van der Waals surface area contributed by atoms with Crippen molar-refractivity contribution in [1.29, 1.82) is 0 Å². The topological polar surface area (TPSA) is 113 Å². The summed E-state index contributed by atoms with van der Waals surface area (Å²) >= 11 is 0. The van der Waals surface area contributed by atoms with E-state index in [1.807, 2.05) is 85.8 Å². The maximum Gasteiger partial charge on any atom is 0.228 e. The Morgan fingerprint density at radius 1 is 0.892 bits per heavy atom. The molecule has 2 aromatic heterocycles. The number of anilines is 1. The van der Waals surface area contributed by atoms with Crippen molar-refractivity contribution in [2.24, 2.45) is 0 Å². The Labute approximate surface area is 214 Å². The number of nitrogens with zero attached hydrogens (tertiary/aromatic N) is 2. The lowest BCUT2D eigenvalue weighted by Crippen LogP contribution is -2.23. The number of hydrogen-bond acceptors (Lipinski definition) is 5. The highest BCUT2D eigenvalue weighted by Gasteiger charge is 2.14. The number of aromatic nitrogens is 3. The van der Waals surface area contributed by atoms with Crippen molar-refractivity contribution in [2.75, 3.05) is 5.32 Å². The van der Waals surface area contributed by atoms with Gasteiger partial charge in [-0.1, -0.05) is 42.5 Å². The largest absolute Gasteiger partial charge is 0.441 e. The van der Waals surface area contributed by atoms with Gasteiger partial charge < -0.3 is 20.0 Å². The summed E-state index contributed by atoms with van der Waals surface area (Å²) in [5.41, 5.74) is 4.97. The Balaban J connectivity index is 1.13. The summed E-state index contributed by atoms with van der Waals surface area (Å²) in [4.78, 5) is 37.0. The molecule has 5 rings (SSSR count). The highest BCUT2D eigenvalue weighted by atomic mass is 16.4. The molecule has 0 bridgehead atoms. The molecule has 3 N–H and O–H groups in total. The Morgan fingerprint density at radius 2 is 1.65 bits per heavy atom. The number of benzene rings is 3. The molecule has 0 unspecified atom stereocenters. The zero-order valence-electron chi connectivity index (χ0n) is 20.5. The summed E-state index contributed by atoms with van der Waals surface area (Å²) in [6, 6.07) is 24.7. The van der Waals surface area contributed by atoms with Gasteiger partial charge in [0.05, 0.1) is 24.0 Å². The molecule has 0 aliphatic heterocycles. The molecule has 8 nitrogen and oxygen atoms in total. The van der Waals surface area contributed by atoms with Crippen LogP contribution in [0.5, 0.6) is 0 Å². The molecule has 37 heavy (non-hydrogen) atoms. The number of carbonyl (C=O) groups is 2. The van der Waals surface area contributed by atoms with E-state index in [4.69, 9.17) is 4.42 Å². The summed E-state index contributed by atoms with van der Waals surface area (Å²) in [5, 5.41) is 5.81. The van der Waals surface area contributed by atoms with E-state index >= 15 is 0 Å². The van der Waals surface area contributed by atoms with Gasteiger partial charge in [0.1, 0.15) is 17.3 Å². The molecular weight excluding hydrogens is 466 g/mol. The molecule has 0 fully saturated rings. The van der Waals surface area contributed by atoms with Crippen LogP contribution in [0.25, 0.3) is 22.5 Å². The number of nitrogens with one attached hydrogen (secondary N) is 3. The van der Waals surface area contributed by atoms with E-state index in [0.717, 1.165) is 28.0 Å². The van der Waals surface area contributed by atoms with Crippen LogP contribution in [-0.4, -0.2) is 26.8 Å². The number of para-hydroxylation sites is 2. The van der Waals surface area contributed by atoms with Crippen LogP contribution in [0.2, 0.25) is 0 Å². The van der Waals surface area contributed by atoms with Gasteiger partial charge >= 0.3 is 0 Å². The highest BCUT2D eigenvalue weighted by Crippen LogP contribution is 2.23. The van der Waals surface area contributed by atoms with Crippen molar-refractivity contribution in [3.8, 4) is 11.5 Å². The predicted molar refractivity (Wildman–Crippen MR) is 142 cm³/mol. The van der Waals surface area contributed by atoms with E-state index in [2.05, 4.69) is 25.6 Å². The first-order valence-corrected chi connectivity index (χ1v) is 12.1. The Bertz CT molecular complexity index is 1490. The fourth-order valence-electron chi connectivity index (χ4n) is 4.02. The Hall–Kier alpha value is -4.72. The maximum absolute atomic E-state index is 12.4. The third kappa shape index (κ3) is 6.10. The number of aryl methyl sites for hydroxylation is 2. The zero-order chi connectivity index (χ0) is 25.6. The zero-order valence-corrected chi connectivity index (χ0v) is 20.5. The molecule has 0 aliphatic carbocycles. The van der Waals surface area contributed by atoms with Crippen molar-refractivity contribution >= 4 is 28.5 Å². The molecular formula is C29H27N5O3. The third-order valence-corrected chi connectivity index (χ3v) is 6.00. The minimum Gasteiger partial charge on any atom is -0.441 e. The predicted octanol–water partition coefficient (Wildman–Crippen LogP) is 4.96. The Morgan fingerprint density at radius 3 is 2.43 bits per heavy atom. The fourth-order valence-corrected chi connectivity index (χ4v) is 4.02. The van der Waals surface area contributed by atoms with Crippen LogP contribution in [0.15, 0.2) is 83.3 Å². The van der Waals surface area contributed by atoms with Crippen molar-refractivity contribution in [2.45, 2.75) is 32.7 Å². The minimum absolute atomic E-state index is 0.0794. The first-order chi connectivity index (χ1) is 18.0. The Kier molecular flexibility index (Phi) is 7.07. The molecule has 0 saturated carbocycles. The fraction of sp³-hybridized carbons (Fsp3) is 0.172. The molecule has 0 saturated heterocycles. The van der Waals surface area contributed by atoms with Gasteiger partial charge in [-0.3, -0.25) is 9.59 Å². The second-order valence-electron chi connectivity index (χ2n) is 8.79. The van der Waals surface area contributed by atoms with Gasteiger partial charge in [-0.25, -0.2) is 9.97 Å². The van der Waals surface area contributed by atoms with Gasteiger partial charge in [0, 0.05) is 24.1 Å². The van der Waals surface area contributed by atoms with Gasteiger partial charge in [0.25, 0.3) is 0 Å². The monoisotopic (exact) mass is 493 g/mol. The number of rotatable bonds is 9. The normalized spacial score (nSPS) is 10.9. The average Bonchev–Trinajstić information content (AvgIpc) is 3.50. The standard InChI is InChI=1S/C29H27N5O3/c1-19-25(18-30-27(35)16-15-26-32-23-9-5-6-10-24(23)33-26)34-29(37-19)21-11-13-22(14-12-21)31-28(36)17-20-7-3-2-4-8-20/h2-14H,15-18H2,1H3,(H,30,35)(H,31,36)(H,32,33). The summed E-state index contributed by atoms with van der Waals surface area (Å²) in [6.07, 6.45) is 1.16. The minimum atomic E-state index is -0.0833. The molecule has 0 spiro atoms. The van der Waals surface area contributed by atoms with Gasteiger partial charge in [0.2, 0.25) is 17.7 Å². The van der Waals surface area contributed by atoms with Crippen LogP contribution in [0.4, 0.5) is 5.69 Å². The van der Waals surface area contributed by atoms with Crippen molar-refractivity contribution in [3.05, 3.63) is 102 Å². The van der Waals surface area contributed by atoms with E-state index in [-0.39, 0.29) is 18.4 Å². The van der Waals surface area contributed by atoms with E-state index in [0.29, 0.717) is 42.3 Å². The van der Waals surface area contributed by atoms with Gasteiger partial charge in [-0.15, -0.1) is 0 Å². The van der Waals surface area contributed by atoms with E-state index in [9.17, 15) is 9.59 Å².